The van der Waals surface area contributed by atoms with Gasteiger partial charge >= 0.3 is 0 Å². The Morgan fingerprint density at radius 1 is 1.11 bits per heavy atom. The highest BCUT2D eigenvalue weighted by Gasteiger charge is 2.10. The normalized spacial score (nSPS) is 12.2. The summed E-state index contributed by atoms with van der Waals surface area (Å²) < 4.78 is 0. The molecule has 1 aromatic rings. The lowest BCUT2D eigenvalue weighted by atomic mass is 10.1. The SMILES string of the molecule is CC(C)C(C)NC(=NCC(=O)N(C)C)NCCCN(C)c1ccccc1.I. The van der Waals surface area contributed by atoms with Crippen molar-refractivity contribution in [1.82, 2.24) is 15.5 Å². The molecule has 0 aliphatic carbocycles. The predicted molar refractivity (Wildman–Crippen MR) is 126 cm³/mol. The Morgan fingerprint density at radius 3 is 2.30 bits per heavy atom. The van der Waals surface area contributed by atoms with E-state index in [9.17, 15) is 4.79 Å². The fourth-order valence-electron chi connectivity index (χ4n) is 2.16. The number of guanidine groups is 1. The molecule has 0 spiro atoms. The van der Waals surface area contributed by atoms with Crippen LogP contribution < -0.4 is 15.5 Å². The molecule has 6 nitrogen and oxygen atoms in total. The van der Waals surface area contributed by atoms with Gasteiger partial charge in [0.1, 0.15) is 6.54 Å². The third-order valence-electron chi connectivity index (χ3n) is 4.40. The number of para-hydroxylation sites is 1. The molecule has 154 valence electrons. The predicted octanol–water partition coefficient (Wildman–Crippen LogP) is 2.80. The Labute approximate surface area is 181 Å². The van der Waals surface area contributed by atoms with Crippen LogP contribution in [0.5, 0.6) is 0 Å². The van der Waals surface area contributed by atoms with Gasteiger partial charge in [0, 0.05) is 46.0 Å². The summed E-state index contributed by atoms with van der Waals surface area (Å²) in [6, 6.07) is 10.6. The number of carbonyl (C=O) groups is 1. The van der Waals surface area contributed by atoms with E-state index in [0.29, 0.717) is 11.9 Å². The lowest BCUT2D eigenvalue weighted by Gasteiger charge is -2.22. The van der Waals surface area contributed by atoms with Gasteiger partial charge in [0.05, 0.1) is 0 Å². The van der Waals surface area contributed by atoms with E-state index >= 15 is 0 Å². The second-order valence-corrected chi connectivity index (χ2v) is 7.17. The maximum Gasteiger partial charge on any atom is 0.243 e. The standard InChI is InChI=1S/C20H35N5O.HI/c1-16(2)17(3)23-20(22-15-19(26)24(4)5)21-13-10-14-25(6)18-11-8-7-9-12-18;/h7-9,11-12,16-17H,10,13-15H2,1-6H3,(H2,21,22,23);1H. The Morgan fingerprint density at radius 2 is 1.74 bits per heavy atom. The number of rotatable bonds is 9. The van der Waals surface area contributed by atoms with Gasteiger partial charge in [0.2, 0.25) is 5.91 Å². The minimum atomic E-state index is -0.00730. The number of halogens is 1. The fourth-order valence-corrected chi connectivity index (χ4v) is 2.16. The quantitative estimate of drug-likeness (QED) is 0.243. The zero-order chi connectivity index (χ0) is 19.5. The van der Waals surface area contributed by atoms with Gasteiger partial charge in [-0.05, 0) is 31.4 Å². The van der Waals surface area contributed by atoms with Crippen LogP contribution in [0.25, 0.3) is 0 Å². The smallest absolute Gasteiger partial charge is 0.243 e. The van der Waals surface area contributed by atoms with Crippen LogP contribution in [0.4, 0.5) is 5.69 Å². The van der Waals surface area contributed by atoms with Crippen molar-refractivity contribution in [2.75, 3.05) is 45.7 Å². The number of carbonyl (C=O) groups excluding carboxylic acids is 1. The summed E-state index contributed by atoms with van der Waals surface area (Å²) >= 11 is 0. The summed E-state index contributed by atoms with van der Waals surface area (Å²) in [5.41, 5.74) is 1.21. The van der Waals surface area contributed by atoms with E-state index in [2.05, 4.69) is 60.5 Å². The zero-order valence-corrected chi connectivity index (χ0v) is 19.9. The molecule has 0 aliphatic heterocycles. The van der Waals surface area contributed by atoms with E-state index in [1.807, 2.05) is 18.2 Å². The van der Waals surface area contributed by atoms with Gasteiger partial charge in [-0.2, -0.15) is 0 Å². The van der Waals surface area contributed by atoms with Gasteiger partial charge < -0.3 is 20.4 Å². The molecule has 1 amide bonds. The van der Waals surface area contributed by atoms with Crippen molar-refractivity contribution >= 4 is 41.5 Å². The van der Waals surface area contributed by atoms with Crippen LogP contribution in [0.1, 0.15) is 27.2 Å². The first-order valence-corrected chi connectivity index (χ1v) is 9.32. The molecule has 1 rings (SSSR count). The van der Waals surface area contributed by atoms with Crippen LogP contribution in [0.3, 0.4) is 0 Å². The number of hydrogen-bond acceptors (Lipinski definition) is 3. The third-order valence-corrected chi connectivity index (χ3v) is 4.40. The maximum absolute atomic E-state index is 11.8. The van der Waals surface area contributed by atoms with Crippen molar-refractivity contribution < 1.29 is 4.79 Å². The number of hydrogen-bond donors (Lipinski definition) is 2. The van der Waals surface area contributed by atoms with Crippen LogP contribution in [0.2, 0.25) is 0 Å². The molecule has 0 saturated heterocycles. The number of amides is 1. The third kappa shape index (κ3) is 10.4. The first kappa shape index (κ1) is 25.5. The molecular weight excluding hydrogens is 453 g/mol. The highest BCUT2D eigenvalue weighted by atomic mass is 127. The van der Waals surface area contributed by atoms with Gasteiger partial charge in [-0.15, -0.1) is 24.0 Å². The van der Waals surface area contributed by atoms with Crippen LogP contribution in [0.15, 0.2) is 35.3 Å². The van der Waals surface area contributed by atoms with Crippen LogP contribution in [-0.2, 0) is 4.79 Å². The van der Waals surface area contributed by atoms with Crippen LogP contribution in [-0.4, -0.2) is 63.6 Å². The minimum absolute atomic E-state index is 0. The van der Waals surface area contributed by atoms with E-state index in [1.54, 1.807) is 19.0 Å². The van der Waals surface area contributed by atoms with E-state index in [-0.39, 0.29) is 42.5 Å². The largest absolute Gasteiger partial charge is 0.375 e. The first-order valence-electron chi connectivity index (χ1n) is 9.32. The monoisotopic (exact) mass is 489 g/mol. The molecule has 1 aromatic carbocycles. The second kappa shape index (κ2) is 13.6. The maximum atomic E-state index is 11.8. The molecule has 7 heteroatoms. The highest BCUT2D eigenvalue weighted by molar-refractivity contribution is 14.0. The first-order chi connectivity index (χ1) is 12.3. The Kier molecular flexibility index (Phi) is 12.9. The summed E-state index contributed by atoms with van der Waals surface area (Å²) in [5, 5.41) is 6.73. The highest BCUT2D eigenvalue weighted by Crippen LogP contribution is 2.10. The van der Waals surface area contributed by atoms with E-state index < -0.39 is 0 Å². The van der Waals surface area contributed by atoms with Crippen molar-refractivity contribution in [2.24, 2.45) is 10.9 Å². The molecule has 0 aromatic heterocycles. The molecule has 2 N–H and O–H groups in total. The fraction of sp³-hybridized carbons (Fsp3) is 0.600. The summed E-state index contributed by atoms with van der Waals surface area (Å²) in [5.74, 6) is 1.17. The topological polar surface area (TPSA) is 60.0 Å². The molecule has 0 fully saturated rings. The molecule has 1 atom stereocenters. The summed E-state index contributed by atoms with van der Waals surface area (Å²) in [7, 11) is 5.59. The molecule has 0 radical (unpaired) electrons. The summed E-state index contributed by atoms with van der Waals surface area (Å²) in [4.78, 5) is 20.0. The summed E-state index contributed by atoms with van der Waals surface area (Å²) in [6.07, 6.45) is 0.976. The molecule has 27 heavy (non-hydrogen) atoms. The zero-order valence-electron chi connectivity index (χ0n) is 17.5. The average Bonchev–Trinajstić information content (AvgIpc) is 2.62. The lowest BCUT2D eigenvalue weighted by molar-refractivity contribution is -0.127. The minimum Gasteiger partial charge on any atom is -0.375 e. The number of aliphatic imine (C=N–C) groups is 1. The Bertz CT molecular complexity index is 563. The van der Waals surface area contributed by atoms with Crippen molar-refractivity contribution in [3.63, 3.8) is 0 Å². The van der Waals surface area contributed by atoms with Crippen LogP contribution >= 0.6 is 24.0 Å². The van der Waals surface area contributed by atoms with Crippen molar-refractivity contribution in [3.8, 4) is 0 Å². The molecule has 0 saturated carbocycles. The van der Waals surface area contributed by atoms with Crippen molar-refractivity contribution in [3.05, 3.63) is 30.3 Å². The average molecular weight is 489 g/mol. The number of nitrogens with zero attached hydrogens (tertiary/aromatic N) is 3. The molecule has 0 aliphatic rings. The number of anilines is 1. The van der Waals surface area contributed by atoms with Gasteiger partial charge in [-0.25, -0.2) is 4.99 Å². The molecule has 1 unspecified atom stereocenters. The van der Waals surface area contributed by atoms with E-state index in [0.717, 1.165) is 19.5 Å². The Balaban J connectivity index is 0.00000676. The van der Waals surface area contributed by atoms with Gasteiger partial charge in [0.25, 0.3) is 0 Å². The van der Waals surface area contributed by atoms with Gasteiger partial charge in [0.15, 0.2) is 5.96 Å². The molecule has 0 bridgehead atoms. The number of nitrogens with one attached hydrogen (secondary N) is 2. The second-order valence-electron chi connectivity index (χ2n) is 7.17. The Hall–Kier alpha value is -1.51. The number of benzene rings is 1. The van der Waals surface area contributed by atoms with Crippen molar-refractivity contribution in [2.45, 2.75) is 33.2 Å². The lowest BCUT2D eigenvalue weighted by Crippen LogP contribution is -2.45. The van der Waals surface area contributed by atoms with Gasteiger partial charge in [-0.3, -0.25) is 4.79 Å². The van der Waals surface area contributed by atoms with E-state index in [1.165, 1.54) is 5.69 Å². The van der Waals surface area contributed by atoms with Gasteiger partial charge in [-0.1, -0.05) is 32.0 Å². The molecular formula is C20H36IN5O. The van der Waals surface area contributed by atoms with Crippen molar-refractivity contribution in [1.29, 1.82) is 0 Å². The van der Waals surface area contributed by atoms with E-state index in [4.69, 9.17) is 0 Å². The molecule has 0 heterocycles. The van der Waals surface area contributed by atoms with Crippen LogP contribution in [0, 0.1) is 5.92 Å². The summed E-state index contributed by atoms with van der Waals surface area (Å²) in [6.45, 7) is 8.34. The number of likely N-dealkylation sites (N-methyl/N-ethyl adjacent to an activating group) is 1.